The van der Waals surface area contributed by atoms with Gasteiger partial charge in [-0.05, 0) is 32.7 Å². The van der Waals surface area contributed by atoms with Crippen LogP contribution in [0.4, 0.5) is 0 Å². The second-order valence-corrected chi connectivity index (χ2v) is 4.04. The van der Waals surface area contributed by atoms with Crippen LogP contribution in [0.15, 0.2) is 0 Å². The maximum absolute atomic E-state index is 10.7. The van der Waals surface area contributed by atoms with Gasteiger partial charge >= 0.3 is 5.97 Å². The van der Waals surface area contributed by atoms with Crippen molar-refractivity contribution in [3.05, 3.63) is 0 Å². The summed E-state index contributed by atoms with van der Waals surface area (Å²) in [6.45, 7) is 4.16. The number of carbonyl (C=O) groups is 1. The van der Waals surface area contributed by atoms with E-state index in [4.69, 9.17) is 9.84 Å². The minimum Gasteiger partial charge on any atom is -0.480 e. The number of likely N-dealkylation sites (N-methyl/N-ethyl adjacent to an activating group) is 1. The largest absolute Gasteiger partial charge is 0.480 e. The molecule has 1 rings (SSSR count). The molecule has 14 heavy (non-hydrogen) atoms. The molecule has 0 aromatic heterocycles. The van der Waals surface area contributed by atoms with Crippen LogP contribution in [-0.4, -0.2) is 48.8 Å². The van der Waals surface area contributed by atoms with Gasteiger partial charge in [0, 0.05) is 13.2 Å². The molecule has 2 unspecified atom stereocenters. The van der Waals surface area contributed by atoms with Crippen LogP contribution in [0.25, 0.3) is 0 Å². The standard InChI is InChI=1S/C10H19NO3/c1-8(10(12)13)11(2)6-9-4-3-5-14-7-9/h8-9H,3-7H2,1-2H3,(H,12,13). The Hall–Kier alpha value is -0.610. The van der Waals surface area contributed by atoms with Crippen molar-refractivity contribution < 1.29 is 14.6 Å². The fraction of sp³-hybridized carbons (Fsp3) is 0.900. The van der Waals surface area contributed by atoms with Crippen molar-refractivity contribution in [1.29, 1.82) is 0 Å². The molecular formula is C10H19NO3. The Balaban J connectivity index is 2.31. The fourth-order valence-corrected chi connectivity index (χ4v) is 1.71. The van der Waals surface area contributed by atoms with Crippen LogP contribution in [0.5, 0.6) is 0 Å². The summed E-state index contributed by atoms with van der Waals surface area (Å²) in [5, 5.41) is 8.81. The lowest BCUT2D eigenvalue weighted by atomic mass is 10.0. The molecule has 2 atom stereocenters. The summed E-state index contributed by atoms with van der Waals surface area (Å²) in [6, 6.07) is -0.406. The van der Waals surface area contributed by atoms with Gasteiger partial charge in [-0.15, -0.1) is 0 Å². The summed E-state index contributed by atoms with van der Waals surface area (Å²) in [5.41, 5.74) is 0. The zero-order chi connectivity index (χ0) is 10.6. The predicted molar refractivity (Wildman–Crippen MR) is 53.3 cm³/mol. The van der Waals surface area contributed by atoms with Gasteiger partial charge in [0.25, 0.3) is 0 Å². The first kappa shape index (κ1) is 11.5. The van der Waals surface area contributed by atoms with E-state index >= 15 is 0 Å². The van der Waals surface area contributed by atoms with Crippen molar-refractivity contribution in [2.45, 2.75) is 25.8 Å². The van der Waals surface area contributed by atoms with E-state index in [9.17, 15) is 4.79 Å². The van der Waals surface area contributed by atoms with E-state index in [2.05, 4.69) is 0 Å². The number of hydrogen-bond acceptors (Lipinski definition) is 3. The third-order valence-electron chi connectivity index (χ3n) is 2.82. The minimum atomic E-state index is -0.760. The molecule has 4 nitrogen and oxygen atoms in total. The minimum absolute atomic E-state index is 0.406. The van der Waals surface area contributed by atoms with Gasteiger partial charge in [-0.3, -0.25) is 9.69 Å². The maximum Gasteiger partial charge on any atom is 0.320 e. The van der Waals surface area contributed by atoms with Crippen LogP contribution in [0.2, 0.25) is 0 Å². The number of ether oxygens (including phenoxy) is 1. The van der Waals surface area contributed by atoms with E-state index in [0.717, 1.165) is 32.6 Å². The highest BCUT2D eigenvalue weighted by Gasteiger charge is 2.21. The molecule has 1 heterocycles. The second-order valence-electron chi connectivity index (χ2n) is 4.04. The molecule has 1 aliphatic rings. The first-order valence-electron chi connectivity index (χ1n) is 5.12. The normalized spacial score (nSPS) is 24.9. The SMILES string of the molecule is CC(C(=O)O)N(C)CC1CCCOC1. The highest BCUT2D eigenvalue weighted by atomic mass is 16.5. The number of rotatable bonds is 4. The number of nitrogens with zero attached hydrogens (tertiary/aromatic N) is 1. The Bertz CT molecular complexity index is 190. The highest BCUT2D eigenvalue weighted by molar-refractivity contribution is 5.72. The molecule has 4 heteroatoms. The van der Waals surface area contributed by atoms with E-state index in [-0.39, 0.29) is 0 Å². The zero-order valence-electron chi connectivity index (χ0n) is 8.90. The molecular weight excluding hydrogens is 182 g/mol. The number of carboxylic acids is 1. The maximum atomic E-state index is 10.7. The lowest BCUT2D eigenvalue weighted by molar-refractivity contribution is -0.142. The van der Waals surface area contributed by atoms with E-state index in [0.29, 0.717) is 5.92 Å². The van der Waals surface area contributed by atoms with Gasteiger partial charge in [-0.2, -0.15) is 0 Å². The Morgan fingerprint density at radius 2 is 2.43 bits per heavy atom. The van der Waals surface area contributed by atoms with Crippen LogP contribution < -0.4 is 0 Å². The molecule has 0 amide bonds. The Morgan fingerprint density at radius 3 is 2.93 bits per heavy atom. The molecule has 82 valence electrons. The zero-order valence-corrected chi connectivity index (χ0v) is 8.90. The van der Waals surface area contributed by atoms with Crippen molar-refractivity contribution in [3.63, 3.8) is 0 Å². The van der Waals surface area contributed by atoms with Gasteiger partial charge in [0.1, 0.15) is 6.04 Å². The summed E-state index contributed by atoms with van der Waals surface area (Å²) >= 11 is 0. The summed E-state index contributed by atoms with van der Waals surface area (Å²) < 4.78 is 5.35. The number of hydrogen-bond donors (Lipinski definition) is 1. The molecule has 1 aliphatic heterocycles. The molecule has 1 fully saturated rings. The number of carboxylic acid groups (broad SMARTS) is 1. The summed E-state index contributed by atoms with van der Waals surface area (Å²) in [5.74, 6) is -0.264. The third kappa shape index (κ3) is 3.27. The van der Waals surface area contributed by atoms with Crippen LogP contribution in [0.3, 0.4) is 0 Å². The fourth-order valence-electron chi connectivity index (χ4n) is 1.71. The summed E-state index contributed by atoms with van der Waals surface area (Å²) in [7, 11) is 1.85. The molecule has 0 radical (unpaired) electrons. The molecule has 1 N–H and O–H groups in total. The number of aliphatic carboxylic acids is 1. The third-order valence-corrected chi connectivity index (χ3v) is 2.82. The van der Waals surface area contributed by atoms with Gasteiger partial charge in [-0.1, -0.05) is 0 Å². The molecule has 0 saturated carbocycles. The average molecular weight is 201 g/mol. The van der Waals surface area contributed by atoms with Crippen molar-refractivity contribution in [3.8, 4) is 0 Å². The lowest BCUT2D eigenvalue weighted by Gasteiger charge is -2.29. The first-order valence-corrected chi connectivity index (χ1v) is 5.12. The van der Waals surface area contributed by atoms with Gasteiger partial charge in [0.15, 0.2) is 0 Å². The second kappa shape index (κ2) is 5.32. The molecule has 0 aromatic rings. The molecule has 0 aliphatic carbocycles. The summed E-state index contributed by atoms with van der Waals surface area (Å²) in [4.78, 5) is 12.6. The molecule has 0 spiro atoms. The monoisotopic (exact) mass is 201 g/mol. The first-order chi connectivity index (χ1) is 6.61. The van der Waals surface area contributed by atoms with Crippen LogP contribution in [0.1, 0.15) is 19.8 Å². The van der Waals surface area contributed by atoms with Crippen LogP contribution in [0, 0.1) is 5.92 Å². The van der Waals surface area contributed by atoms with Gasteiger partial charge in [0.2, 0.25) is 0 Å². The molecule has 1 saturated heterocycles. The Morgan fingerprint density at radius 1 is 1.71 bits per heavy atom. The van der Waals surface area contributed by atoms with Gasteiger partial charge < -0.3 is 9.84 Å². The van der Waals surface area contributed by atoms with E-state index in [1.54, 1.807) is 6.92 Å². The highest BCUT2D eigenvalue weighted by Crippen LogP contribution is 2.15. The van der Waals surface area contributed by atoms with E-state index in [1.165, 1.54) is 0 Å². The van der Waals surface area contributed by atoms with Crippen molar-refractivity contribution in [2.24, 2.45) is 5.92 Å². The topological polar surface area (TPSA) is 49.8 Å². The summed E-state index contributed by atoms with van der Waals surface area (Å²) in [6.07, 6.45) is 2.25. The Kier molecular flexibility index (Phi) is 4.35. The van der Waals surface area contributed by atoms with Crippen molar-refractivity contribution in [2.75, 3.05) is 26.8 Å². The van der Waals surface area contributed by atoms with Crippen molar-refractivity contribution in [1.82, 2.24) is 4.90 Å². The van der Waals surface area contributed by atoms with E-state index < -0.39 is 12.0 Å². The van der Waals surface area contributed by atoms with E-state index in [1.807, 2.05) is 11.9 Å². The van der Waals surface area contributed by atoms with Crippen LogP contribution in [-0.2, 0) is 9.53 Å². The van der Waals surface area contributed by atoms with Crippen molar-refractivity contribution >= 4 is 5.97 Å². The average Bonchev–Trinajstić information content (AvgIpc) is 2.18. The van der Waals surface area contributed by atoms with Crippen LogP contribution >= 0.6 is 0 Å². The Labute approximate surface area is 84.8 Å². The smallest absolute Gasteiger partial charge is 0.320 e. The molecule has 0 bridgehead atoms. The van der Waals surface area contributed by atoms with Gasteiger partial charge in [0.05, 0.1) is 6.61 Å². The predicted octanol–water partition coefficient (Wildman–Crippen LogP) is 0.818. The van der Waals surface area contributed by atoms with Gasteiger partial charge in [-0.25, -0.2) is 0 Å². The molecule has 0 aromatic carbocycles. The quantitative estimate of drug-likeness (QED) is 0.731. The lowest BCUT2D eigenvalue weighted by Crippen LogP contribution is -2.40.